The average Bonchev–Trinajstić information content (AvgIpc) is 3.41. The number of carboxylic acids is 1. The fourth-order valence-corrected chi connectivity index (χ4v) is 2.89. The van der Waals surface area contributed by atoms with Gasteiger partial charge in [-0.05, 0) is 30.4 Å². The molecule has 2 aliphatic rings. The molecule has 2 N–H and O–H groups in total. The maximum absolute atomic E-state index is 11.8. The summed E-state index contributed by atoms with van der Waals surface area (Å²) in [4.78, 5) is 22.6. The molecule has 1 saturated carbocycles. The summed E-state index contributed by atoms with van der Waals surface area (Å²) >= 11 is 0. The first-order chi connectivity index (χ1) is 11.6. The van der Waals surface area contributed by atoms with E-state index in [1.54, 1.807) is 0 Å². The molecule has 24 heavy (non-hydrogen) atoms. The quantitative estimate of drug-likeness (QED) is 0.794. The van der Waals surface area contributed by atoms with E-state index in [1.807, 2.05) is 24.3 Å². The molecule has 1 aromatic carbocycles. The lowest BCUT2D eigenvalue weighted by atomic mass is 10.1. The summed E-state index contributed by atoms with van der Waals surface area (Å²) in [5.74, 6) is -1.93. The lowest BCUT2D eigenvalue weighted by Crippen LogP contribution is -2.25. The zero-order valence-electron chi connectivity index (χ0n) is 13.6. The minimum Gasteiger partial charge on any atom is -0.481 e. The summed E-state index contributed by atoms with van der Waals surface area (Å²) in [6, 6.07) is 7.92. The summed E-state index contributed by atoms with van der Waals surface area (Å²) in [5.41, 5.74) is 2.09. The van der Waals surface area contributed by atoms with Gasteiger partial charge in [0.2, 0.25) is 5.91 Å². The van der Waals surface area contributed by atoms with Crippen molar-refractivity contribution in [2.75, 3.05) is 13.2 Å². The van der Waals surface area contributed by atoms with Crippen LogP contribution in [0.15, 0.2) is 24.3 Å². The molecule has 0 bridgehead atoms. The number of carboxylic acid groups (broad SMARTS) is 1. The molecule has 6 nitrogen and oxygen atoms in total. The predicted molar refractivity (Wildman–Crippen MR) is 86.2 cm³/mol. The monoisotopic (exact) mass is 333 g/mol. The van der Waals surface area contributed by atoms with E-state index in [0.29, 0.717) is 19.6 Å². The Morgan fingerprint density at radius 2 is 1.79 bits per heavy atom. The smallest absolute Gasteiger partial charge is 0.307 e. The Hall–Kier alpha value is -1.92. The standard InChI is InChI=1S/C18H23NO5/c20-17(15-9-16(15)18(21)22)19-10-12-1-3-13(4-2-12)11-24-14-5-7-23-8-6-14/h1-4,14-16H,5-11H2,(H,19,20)(H,21,22). The lowest BCUT2D eigenvalue weighted by Gasteiger charge is -2.22. The molecule has 2 atom stereocenters. The number of hydrogen-bond acceptors (Lipinski definition) is 4. The molecule has 130 valence electrons. The van der Waals surface area contributed by atoms with Gasteiger partial charge in [-0.1, -0.05) is 24.3 Å². The zero-order valence-corrected chi connectivity index (χ0v) is 13.6. The summed E-state index contributed by atoms with van der Waals surface area (Å²) in [7, 11) is 0. The first-order valence-electron chi connectivity index (χ1n) is 8.41. The molecule has 0 aromatic heterocycles. The van der Waals surface area contributed by atoms with Crippen LogP contribution in [-0.4, -0.2) is 36.3 Å². The number of benzene rings is 1. The largest absolute Gasteiger partial charge is 0.481 e. The Morgan fingerprint density at radius 1 is 1.12 bits per heavy atom. The maximum atomic E-state index is 11.8. The van der Waals surface area contributed by atoms with Crippen molar-refractivity contribution in [1.29, 1.82) is 0 Å². The molecule has 1 aliphatic carbocycles. The van der Waals surface area contributed by atoms with Crippen molar-refractivity contribution >= 4 is 11.9 Å². The molecule has 1 aliphatic heterocycles. The number of aliphatic carboxylic acids is 1. The number of amides is 1. The van der Waals surface area contributed by atoms with Crippen molar-refractivity contribution in [1.82, 2.24) is 5.32 Å². The molecular formula is C18H23NO5. The van der Waals surface area contributed by atoms with Gasteiger partial charge in [-0.3, -0.25) is 9.59 Å². The highest BCUT2D eigenvalue weighted by Crippen LogP contribution is 2.38. The summed E-state index contributed by atoms with van der Waals surface area (Å²) in [6.07, 6.45) is 2.62. The molecule has 6 heteroatoms. The van der Waals surface area contributed by atoms with Gasteiger partial charge in [0, 0.05) is 19.8 Å². The minimum atomic E-state index is -0.885. The molecule has 0 spiro atoms. The van der Waals surface area contributed by atoms with Crippen LogP contribution < -0.4 is 5.32 Å². The summed E-state index contributed by atoms with van der Waals surface area (Å²) in [6.45, 7) is 2.54. The van der Waals surface area contributed by atoms with E-state index >= 15 is 0 Å². The van der Waals surface area contributed by atoms with Crippen molar-refractivity contribution in [3.63, 3.8) is 0 Å². The molecule has 1 saturated heterocycles. The van der Waals surface area contributed by atoms with Crippen LogP contribution in [0, 0.1) is 11.8 Å². The SMILES string of the molecule is O=C(O)C1CC1C(=O)NCc1ccc(COC2CCOCC2)cc1. The van der Waals surface area contributed by atoms with E-state index in [9.17, 15) is 9.59 Å². The number of rotatable bonds is 7. The van der Waals surface area contributed by atoms with Crippen molar-refractivity contribution in [3.8, 4) is 0 Å². The molecular weight excluding hydrogens is 310 g/mol. The second-order valence-corrected chi connectivity index (χ2v) is 6.44. The van der Waals surface area contributed by atoms with Crippen LogP contribution in [0.1, 0.15) is 30.4 Å². The number of carbonyl (C=O) groups excluding carboxylic acids is 1. The maximum Gasteiger partial charge on any atom is 0.307 e. The number of hydrogen-bond donors (Lipinski definition) is 2. The second kappa shape index (κ2) is 7.77. The summed E-state index contributed by atoms with van der Waals surface area (Å²) < 4.78 is 11.2. The van der Waals surface area contributed by atoms with E-state index in [0.717, 1.165) is 37.2 Å². The van der Waals surface area contributed by atoms with Crippen LogP contribution in [0.25, 0.3) is 0 Å². The van der Waals surface area contributed by atoms with Crippen molar-refractivity contribution in [3.05, 3.63) is 35.4 Å². The van der Waals surface area contributed by atoms with Gasteiger partial charge in [-0.25, -0.2) is 0 Å². The van der Waals surface area contributed by atoms with Crippen molar-refractivity contribution in [2.24, 2.45) is 11.8 Å². The van der Waals surface area contributed by atoms with Crippen molar-refractivity contribution in [2.45, 2.75) is 38.5 Å². The summed E-state index contributed by atoms with van der Waals surface area (Å²) in [5, 5.41) is 11.6. The molecule has 0 radical (unpaired) electrons. The van der Waals surface area contributed by atoms with Crippen LogP contribution >= 0.6 is 0 Å². The first-order valence-corrected chi connectivity index (χ1v) is 8.41. The third-order valence-electron chi connectivity index (χ3n) is 4.59. The zero-order chi connectivity index (χ0) is 16.9. The molecule has 3 rings (SSSR count). The van der Waals surface area contributed by atoms with Crippen LogP contribution in [0.4, 0.5) is 0 Å². The molecule has 2 unspecified atom stereocenters. The Balaban J connectivity index is 1.39. The third kappa shape index (κ3) is 4.55. The van der Waals surface area contributed by atoms with E-state index in [4.69, 9.17) is 14.6 Å². The first kappa shape index (κ1) is 16.9. The van der Waals surface area contributed by atoms with Crippen LogP contribution in [0.5, 0.6) is 0 Å². The van der Waals surface area contributed by atoms with Gasteiger partial charge < -0.3 is 19.9 Å². The Labute approximate surface area is 141 Å². The van der Waals surface area contributed by atoms with Crippen LogP contribution in [0.3, 0.4) is 0 Å². The fraction of sp³-hybridized carbons (Fsp3) is 0.556. The molecule has 1 heterocycles. The highest BCUT2D eigenvalue weighted by Gasteiger charge is 2.48. The van der Waals surface area contributed by atoms with Gasteiger partial charge in [-0.2, -0.15) is 0 Å². The highest BCUT2D eigenvalue weighted by atomic mass is 16.5. The molecule has 2 fully saturated rings. The Bertz CT molecular complexity index is 580. The van der Waals surface area contributed by atoms with Crippen LogP contribution in [-0.2, 0) is 32.2 Å². The van der Waals surface area contributed by atoms with Gasteiger partial charge >= 0.3 is 5.97 Å². The van der Waals surface area contributed by atoms with E-state index < -0.39 is 11.9 Å². The fourth-order valence-electron chi connectivity index (χ4n) is 2.89. The van der Waals surface area contributed by atoms with Gasteiger partial charge in [0.15, 0.2) is 0 Å². The van der Waals surface area contributed by atoms with E-state index in [1.165, 1.54) is 0 Å². The molecule has 1 amide bonds. The van der Waals surface area contributed by atoms with Gasteiger partial charge in [0.25, 0.3) is 0 Å². The normalized spacial score (nSPS) is 23.7. The topological polar surface area (TPSA) is 84.9 Å². The van der Waals surface area contributed by atoms with Crippen LogP contribution in [0.2, 0.25) is 0 Å². The third-order valence-corrected chi connectivity index (χ3v) is 4.59. The average molecular weight is 333 g/mol. The van der Waals surface area contributed by atoms with Gasteiger partial charge in [0.05, 0.1) is 24.5 Å². The van der Waals surface area contributed by atoms with E-state index in [-0.39, 0.29) is 17.9 Å². The highest BCUT2D eigenvalue weighted by molar-refractivity contribution is 5.89. The number of nitrogens with one attached hydrogen (secondary N) is 1. The number of ether oxygens (including phenoxy) is 2. The number of carbonyl (C=O) groups is 2. The van der Waals surface area contributed by atoms with Gasteiger partial charge in [0.1, 0.15) is 0 Å². The van der Waals surface area contributed by atoms with E-state index in [2.05, 4.69) is 5.32 Å². The Kier molecular flexibility index (Phi) is 5.48. The Morgan fingerprint density at radius 3 is 2.42 bits per heavy atom. The van der Waals surface area contributed by atoms with Crippen molar-refractivity contribution < 1.29 is 24.2 Å². The minimum absolute atomic E-state index is 0.172. The van der Waals surface area contributed by atoms with Gasteiger partial charge in [-0.15, -0.1) is 0 Å². The molecule has 1 aromatic rings. The lowest BCUT2D eigenvalue weighted by molar-refractivity contribution is -0.140. The second-order valence-electron chi connectivity index (χ2n) is 6.44. The predicted octanol–water partition coefficient (Wildman–Crippen LogP) is 1.72.